The summed E-state index contributed by atoms with van der Waals surface area (Å²) in [5.41, 5.74) is 0.710. The highest BCUT2D eigenvalue weighted by Gasteiger charge is 2.15. The van der Waals surface area contributed by atoms with Crippen molar-refractivity contribution in [2.24, 2.45) is 0 Å². The fourth-order valence-electron chi connectivity index (χ4n) is 1.17. The highest BCUT2D eigenvalue weighted by atomic mass is 32.1. The largest absolute Gasteiger partial charge is 0.465 e. The van der Waals surface area contributed by atoms with Crippen LogP contribution < -0.4 is 5.32 Å². The van der Waals surface area contributed by atoms with E-state index in [1.807, 2.05) is 21.0 Å². The number of rotatable bonds is 5. The lowest BCUT2D eigenvalue weighted by Crippen LogP contribution is -2.31. The molecule has 1 N–H and O–H groups in total. The van der Waals surface area contributed by atoms with Gasteiger partial charge in [0.05, 0.1) is 12.8 Å². The number of methoxy groups -OCH3 is 1. The third-order valence-corrected chi connectivity index (χ3v) is 3.69. The second-order valence-electron chi connectivity index (χ2n) is 4.12. The minimum Gasteiger partial charge on any atom is -0.465 e. The van der Waals surface area contributed by atoms with Crippen LogP contribution in [-0.2, 0) is 4.74 Å². The number of ether oxygens (including phenoxy) is 1. The summed E-state index contributed by atoms with van der Waals surface area (Å²) in [5.74, 6) is -0.325. The average molecular weight is 257 g/mol. The van der Waals surface area contributed by atoms with E-state index in [2.05, 4.69) is 26.9 Å². The van der Waals surface area contributed by atoms with Crippen LogP contribution in [-0.4, -0.2) is 49.6 Å². The fourth-order valence-corrected chi connectivity index (χ4v) is 2.06. The zero-order valence-corrected chi connectivity index (χ0v) is 11.7. The molecule has 6 heteroatoms. The van der Waals surface area contributed by atoms with Crippen molar-refractivity contribution in [1.82, 2.24) is 9.88 Å². The average Bonchev–Trinajstić information content (AvgIpc) is 2.66. The first-order valence-electron chi connectivity index (χ1n) is 5.41. The number of anilines is 1. The first-order valence-corrected chi connectivity index (χ1v) is 6.23. The number of esters is 1. The number of aryl methyl sites for hydroxylation is 1. The van der Waals surface area contributed by atoms with Gasteiger partial charge < -0.3 is 15.0 Å². The van der Waals surface area contributed by atoms with E-state index < -0.39 is 0 Å². The fraction of sp³-hybridized carbons (Fsp3) is 0.636. The lowest BCUT2D eigenvalue weighted by Gasteiger charge is -2.19. The molecule has 0 radical (unpaired) electrons. The van der Waals surface area contributed by atoms with Gasteiger partial charge in [0.2, 0.25) is 0 Å². The maximum atomic E-state index is 11.4. The van der Waals surface area contributed by atoms with Gasteiger partial charge in [-0.1, -0.05) is 11.3 Å². The Labute approximate surface area is 106 Å². The number of hydrogen-bond donors (Lipinski definition) is 1. The van der Waals surface area contributed by atoms with Crippen LogP contribution in [0.5, 0.6) is 0 Å². The smallest absolute Gasteiger partial charge is 0.350 e. The molecule has 17 heavy (non-hydrogen) atoms. The van der Waals surface area contributed by atoms with E-state index in [0.717, 1.165) is 11.7 Å². The number of thiazole rings is 1. The number of carbonyl (C=O) groups excluding carboxylic acids is 1. The second kappa shape index (κ2) is 5.97. The molecule has 5 nitrogen and oxygen atoms in total. The van der Waals surface area contributed by atoms with Crippen LogP contribution >= 0.6 is 11.3 Å². The third kappa shape index (κ3) is 3.67. The normalized spacial score (nSPS) is 12.6. The Kier molecular flexibility index (Phi) is 4.89. The van der Waals surface area contributed by atoms with Gasteiger partial charge >= 0.3 is 5.97 Å². The maximum absolute atomic E-state index is 11.4. The molecular formula is C11H19N3O2S. The predicted octanol–water partition coefficient (Wildman–Crippen LogP) is 1.60. The summed E-state index contributed by atoms with van der Waals surface area (Å²) in [6.45, 7) is 4.72. The van der Waals surface area contributed by atoms with E-state index >= 15 is 0 Å². The molecule has 1 rings (SSSR count). The minimum absolute atomic E-state index is 0.325. The highest BCUT2D eigenvalue weighted by Crippen LogP contribution is 2.23. The summed E-state index contributed by atoms with van der Waals surface area (Å²) >= 11 is 1.33. The van der Waals surface area contributed by atoms with E-state index in [-0.39, 0.29) is 5.97 Å². The Balaban J connectivity index is 2.65. The van der Waals surface area contributed by atoms with E-state index in [4.69, 9.17) is 0 Å². The Morgan fingerprint density at radius 3 is 2.76 bits per heavy atom. The molecule has 0 aliphatic carbocycles. The Hall–Kier alpha value is -1.14. The van der Waals surface area contributed by atoms with Gasteiger partial charge in [-0.25, -0.2) is 9.78 Å². The highest BCUT2D eigenvalue weighted by molar-refractivity contribution is 7.17. The number of aromatic nitrogens is 1. The van der Waals surface area contributed by atoms with Crippen molar-refractivity contribution < 1.29 is 9.53 Å². The summed E-state index contributed by atoms with van der Waals surface area (Å²) in [6.07, 6.45) is 0. The van der Waals surface area contributed by atoms with Crippen molar-refractivity contribution in [1.29, 1.82) is 0 Å². The van der Waals surface area contributed by atoms with Gasteiger partial charge in [0.1, 0.15) is 4.88 Å². The standard InChI is InChI=1S/C11H19N3O2S/c1-7(14(3)4)6-12-11-13-8(2)9(17-11)10(15)16-5/h7H,6H2,1-5H3,(H,12,13). The first kappa shape index (κ1) is 13.9. The molecule has 0 saturated heterocycles. The molecule has 1 atom stereocenters. The monoisotopic (exact) mass is 257 g/mol. The number of hydrogen-bond acceptors (Lipinski definition) is 6. The summed E-state index contributed by atoms with van der Waals surface area (Å²) in [6, 6.07) is 0.404. The molecule has 1 aromatic heterocycles. The van der Waals surface area contributed by atoms with Crippen molar-refractivity contribution in [3.05, 3.63) is 10.6 Å². The number of nitrogens with zero attached hydrogens (tertiary/aromatic N) is 2. The van der Waals surface area contributed by atoms with E-state index in [1.165, 1.54) is 18.4 Å². The first-order chi connectivity index (χ1) is 7.95. The summed E-state index contributed by atoms with van der Waals surface area (Å²) in [7, 11) is 5.43. The predicted molar refractivity (Wildman–Crippen MR) is 69.8 cm³/mol. The van der Waals surface area contributed by atoms with Crippen LogP contribution in [0.25, 0.3) is 0 Å². The molecule has 0 fully saturated rings. The van der Waals surface area contributed by atoms with E-state index in [1.54, 1.807) is 0 Å². The van der Waals surface area contributed by atoms with Crippen molar-refractivity contribution in [2.45, 2.75) is 19.9 Å². The van der Waals surface area contributed by atoms with Gasteiger partial charge in [-0.2, -0.15) is 0 Å². The lowest BCUT2D eigenvalue weighted by atomic mass is 10.3. The van der Waals surface area contributed by atoms with Crippen molar-refractivity contribution in [2.75, 3.05) is 33.1 Å². The zero-order chi connectivity index (χ0) is 13.0. The van der Waals surface area contributed by atoms with Gasteiger partial charge in [0, 0.05) is 12.6 Å². The maximum Gasteiger partial charge on any atom is 0.350 e. The molecule has 0 aromatic carbocycles. The second-order valence-corrected chi connectivity index (χ2v) is 5.12. The molecular weight excluding hydrogens is 238 g/mol. The van der Waals surface area contributed by atoms with E-state index in [0.29, 0.717) is 16.6 Å². The van der Waals surface area contributed by atoms with Crippen LogP contribution in [0.3, 0.4) is 0 Å². The molecule has 1 unspecified atom stereocenters. The molecule has 0 aliphatic rings. The topological polar surface area (TPSA) is 54.5 Å². The number of nitrogens with one attached hydrogen (secondary N) is 1. The van der Waals surface area contributed by atoms with E-state index in [9.17, 15) is 4.79 Å². The SMILES string of the molecule is COC(=O)c1sc(NCC(C)N(C)C)nc1C. The Morgan fingerprint density at radius 2 is 2.24 bits per heavy atom. The summed E-state index contributed by atoms with van der Waals surface area (Å²) in [4.78, 5) is 18.4. The molecule has 1 aromatic rings. The summed E-state index contributed by atoms with van der Waals surface area (Å²) < 4.78 is 4.69. The summed E-state index contributed by atoms with van der Waals surface area (Å²) in [5, 5.41) is 3.98. The third-order valence-electron chi connectivity index (χ3n) is 2.60. The molecule has 0 bridgehead atoms. The Bertz CT molecular complexity index is 390. The number of likely N-dealkylation sites (N-methyl/N-ethyl adjacent to an activating group) is 1. The molecule has 0 amide bonds. The van der Waals surface area contributed by atoms with Crippen molar-refractivity contribution >= 4 is 22.4 Å². The molecule has 96 valence electrons. The van der Waals surface area contributed by atoms with Crippen molar-refractivity contribution in [3.8, 4) is 0 Å². The van der Waals surface area contributed by atoms with Gasteiger partial charge in [0.25, 0.3) is 0 Å². The Morgan fingerprint density at radius 1 is 1.59 bits per heavy atom. The quantitative estimate of drug-likeness (QED) is 0.812. The van der Waals surface area contributed by atoms with Gasteiger partial charge in [-0.05, 0) is 27.9 Å². The number of carbonyl (C=O) groups is 1. The van der Waals surface area contributed by atoms with Crippen LogP contribution in [0.15, 0.2) is 0 Å². The van der Waals surface area contributed by atoms with Gasteiger partial charge in [-0.15, -0.1) is 0 Å². The van der Waals surface area contributed by atoms with Gasteiger partial charge in [-0.3, -0.25) is 0 Å². The van der Waals surface area contributed by atoms with Crippen molar-refractivity contribution in [3.63, 3.8) is 0 Å². The van der Waals surface area contributed by atoms with Crippen LogP contribution in [0.1, 0.15) is 22.3 Å². The molecule has 0 saturated carbocycles. The molecule has 1 heterocycles. The molecule has 0 aliphatic heterocycles. The zero-order valence-electron chi connectivity index (χ0n) is 10.9. The van der Waals surface area contributed by atoms with Crippen LogP contribution in [0.2, 0.25) is 0 Å². The molecule has 0 spiro atoms. The minimum atomic E-state index is -0.325. The van der Waals surface area contributed by atoms with Gasteiger partial charge in [0.15, 0.2) is 5.13 Å². The lowest BCUT2D eigenvalue weighted by molar-refractivity contribution is 0.0605. The van der Waals surface area contributed by atoms with Crippen LogP contribution in [0.4, 0.5) is 5.13 Å². The van der Waals surface area contributed by atoms with Crippen LogP contribution in [0, 0.1) is 6.92 Å².